The van der Waals surface area contributed by atoms with E-state index in [2.05, 4.69) is 4.98 Å². The lowest BCUT2D eigenvalue weighted by Gasteiger charge is -2.05. The second-order valence-corrected chi connectivity index (χ2v) is 5.14. The molecule has 0 amide bonds. The van der Waals surface area contributed by atoms with Crippen molar-refractivity contribution in [2.24, 2.45) is 0 Å². The van der Waals surface area contributed by atoms with Crippen LogP contribution in [-0.2, 0) is 6.42 Å². The van der Waals surface area contributed by atoms with Gasteiger partial charge in [0.25, 0.3) is 0 Å². The number of methoxy groups -OCH3 is 1. The Hall–Kier alpha value is -1.88. The van der Waals surface area contributed by atoms with Crippen molar-refractivity contribution >= 4 is 17.3 Å². The molecular weight excluding hydrogens is 262 g/mol. The van der Waals surface area contributed by atoms with Gasteiger partial charge >= 0.3 is 5.97 Å². The molecule has 0 aliphatic carbocycles. The maximum atomic E-state index is 11.1. The van der Waals surface area contributed by atoms with Crippen LogP contribution in [-0.4, -0.2) is 23.2 Å². The van der Waals surface area contributed by atoms with Crippen molar-refractivity contribution in [2.75, 3.05) is 7.11 Å². The number of carbonyl (C=O) groups is 1. The van der Waals surface area contributed by atoms with Gasteiger partial charge in [0.2, 0.25) is 0 Å². The second kappa shape index (κ2) is 5.40. The predicted octanol–water partition coefficient (Wildman–Crippen LogP) is 3.39. The third-order valence-electron chi connectivity index (χ3n) is 2.87. The topological polar surface area (TPSA) is 59.4 Å². The van der Waals surface area contributed by atoms with Gasteiger partial charge in [-0.05, 0) is 37.1 Å². The minimum Gasteiger partial charge on any atom is -0.496 e. The molecule has 0 bridgehead atoms. The Bertz CT molecular complexity index is 619. The molecule has 0 spiro atoms. The largest absolute Gasteiger partial charge is 0.496 e. The SMILES string of the molecule is CCc1nc(-c2ccc(OC)c(C)c2)sc1C(=O)O. The minimum atomic E-state index is -0.911. The van der Waals surface area contributed by atoms with E-state index in [9.17, 15) is 4.79 Å². The number of hydrogen-bond donors (Lipinski definition) is 1. The highest BCUT2D eigenvalue weighted by atomic mass is 32.1. The lowest BCUT2D eigenvalue weighted by Crippen LogP contribution is -1.97. The Morgan fingerprint density at radius 3 is 2.68 bits per heavy atom. The summed E-state index contributed by atoms with van der Waals surface area (Å²) in [5, 5.41) is 9.88. The van der Waals surface area contributed by atoms with Crippen LogP contribution in [0.5, 0.6) is 5.75 Å². The van der Waals surface area contributed by atoms with E-state index in [4.69, 9.17) is 9.84 Å². The van der Waals surface area contributed by atoms with Crippen LogP contribution in [0.25, 0.3) is 10.6 Å². The van der Waals surface area contributed by atoms with Crippen molar-refractivity contribution in [2.45, 2.75) is 20.3 Å². The number of carboxylic acids is 1. The molecular formula is C14H15NO3S. The van der Waals surface area contributed by atoms with Gasteiger partial charge in [-0.1, -0.05) is 6.92 Å². The van der Waals surface area contributed by atoms with Crippen molar-refractivity contribution in [1.29, 1.82) is 0 Å². The summed E-state index contributed by atoms with van der Waals surface area (Å²) in [7, 11) is 1.63. The van der Waals surface area contributed by atoms with Gasteiger partial charge in [-0.15, -0.1) is 11.3 Å². The molecule has 1 aromatic carbocycles. The zero-order valence-corrected chi connectivity index (χ0v) is 11.9. The number of aromatic carboxylic acids is 1. The van der Waals surface area contributed by atoms with Gasteiger partial charge in [0.05, 0.1) is 12.8 Å². The molecule has 5 heteroatoms. The van der Waals surface area contributed by atoms with Crippen LogP contribution in [0.3, 0.4) is 0 Å². The third-order valence-corrected chi connectivity index (χ3v) is 4.00. The zero-order valence-electron chi connectivity index (χ0n) is 11.1. The monoisotopic (exact) mass is 277 g/mol. The molecule has 0 saturated heterocycles. The molecule has 0 atom stereocenters. The molecule has 1 heterocycles. The van der Waals surface area contributed by atoms with Crippen molar-refractivity contribution in [1.82, 2.24) is 4.98 Å². The van der Waals surface area contributed by atoms with Crippen molar-refractivity contribution in [3.63, 3.8) is 0 Å². The Morgan fingerprint density at radius 2 is 2.21 bits per heavy atom. The van der Waals surface area contributed by atoms with Gasteiger partial charge in [0.1, 0.15) is 15.6 Å². The number of benzene rings is 1. The maximum Gasteiger partial charge on any atom is 0.347 e. The van der Waals surface area contributed by atoms with Crippen LogP contribution >= 0.6 is 11.3 Å². The van der Waals surface area contributed by atoms with Crippen LogP contribution in [0.15, 0.2) is 18.2 Å². The van der Waals surface area contributed by atoms with Gasteiger partial charge in [-0.2, -0.15) is 0 Å². The van der Waals surface area contributed by atoms with E-state index in [1.165, 1.54) is 11.3 Å². The molecule has 1 aromatic heterocycles. The summed E-state index contributed by atoms with van der Waals surface area (Å²) >= 11 is 1.22. The van der Waals surface area contributed by atoms with Crippen LogP contribution in [0.1, 0.15) is 27.9 Å². The number of rotatable bonds is 4. The summed E-state index contributed by atoms with van der Waals surface area (Å²) in [6, 6.07) is 5.73. The number of hydrogen-bond acceptors (Lipinski definition) is 4. The summed E-state index contributed by atoms with van der Waals surface area (Å²) in [6.45, 7) is 3.86. The third kappa shape index (κ3) is 2.61. The molecule has 0 radical (unpaired) electrons. The molecule has 0 unspecified atom stereocenters. The summed E-state index contributed by atoms with van der Waals surface area (Å²) in [5.74, 6) is -0.0969. The number of carboxylic acid groups (broad SMARTS) is 1. The zero-order chi connectivity index (χ0) is 14.0. The fraction of sp³-hybridized carbons (Fsp3) is 0.286. The average Bonchev–Trinajstić information content (AvgIpc) is 2.83. The van der Waals surface area contributed by atoms with Crippen molar-refractivity contribution in [3.8, 4) is 16.3 Å². The smallest absolute Gasteiger partial charge is 0.347 e. The molecule has 0 aliphatic heterocycles. The highest BCUT2D eigenvalue weighted by molar-refractivity contribution is 7.17. The summed E-state index contributed by atoms with van der Waals surface area (Å²) in [4.78, 5) is 15.9. The molecule has 0 aliphatic rings. The van der Waals surface area contributed by atoms with Gasteiger partial charge in [-0.3, -0.25) is 0 Å². The average molecular weight is 277 g/mol. The molecule has 0 fully saturated rings. The first-order valence-corrected chi connectivity index (χ1v) is 6.76. The van der Waals surface area contributed by atoms with Gasteiger partial charge in [0.15, 0.2) is 0 Å². The summed E-state index contributed by atoms with van der Waals surface area (Å²) < 4.78 is 5.21. The molecule has 1 N–H and O–H groups in total. The van der Waals surface area contributed by atoms with Crippen LogP contribution in [0.4, 0.5) is 0 Å². The van der Waals surface area contributed by atoms with E-state index < -0.39 is 5.97 Å². The first-order chi connectivity index (χ1) is 9.06. The summed E-state index contributed by atoms with van der Waals surface area (Å²) in [5.41, 5.74) is 2.57. The normalized spacial score (nSPS) is 10.5. The molecule has 100 valence electrons. The van der Waals surface area contributed by atoms with Gasteiger partial charge in [-0.25, -0.2) is 9.78 Å². The highest BCUT2D eigenvalue weighted by Crippen LogP contribution is 2.31. The Labute approximate surface area is 115 Å². The van der Waals surface area contributed by atoms with E-state index >= 15 is 0 Å². The van der Waals surface area contributed by atoms with E-state index in [-0.39, 0.29) is 0 Å². The molecule has 2 aromatic rings. The van der Waals surface area contributed by atoms with Gasteiger partial charge in [0, 0.05) is 5.56 Å². The molecule has 0 saturated carbocycles. The second-order valence-electron chi connectivity index (χ2n) is 4.14. The standard InChI is InChI=1S/C14H15NO3S/c1-4-10-12(14(16)17)19-13(15-10)9-5-6-11(18-3)8(2)7-9/h5-7H,4H2,1-3H3,(H,16,17). The highest BCUT2D eigenvalue weighted by Gasteiger charge is 2.17. The first-order valence-electron chi connectivity index (χ1n) is 5.94. The minimum absolute atomic E-state index is 0.325. The predicted molar refractivity (Wildman–Crippen MR) is 75.2 cm³/mol. The lowest BCUT2D eigenvalue weighted by atomic mass is 10.1. The summed E-state index contributed by atoms with van der Waals surface area (Å²) in [6.07, 6.45) is 0.618. The van der Waals surface area contributed by atoms with E-state index in [0.717, 1.165) is 21.9 Å². The molecule has 19 heavy (non-hydrogen) atoms. The fourth-order valence-corrected chi connectivity index (χ4v) is 2.88. The number of aryl methyl sites for hydroxylation is 2. The quantitative estimate of drug-likeness (QED) is 0.930. The lowest BCUT2D eigenvalue weighted by molar-refractivity contribution is 0.0701. The maximum absolute atomic E-state index is 11.1. The van der Waals surface area contributed by atoms with Crippen molar-refractivity contribution in [3.05, 3.63) is 34.3 Å². The van der Waals surface area contributed by atoms with Gasteiger partial charge < -0.3 is 9.84 Å². The van der Waals surface area contributed by atoms with Crippen LogP contribution in [0, 0.1) is 6.92 Å². The Balaban J connectivity index is 2.47. The molecule has 2 rings (SSSR count). The number of ether oxygens (including phenoxy) is 1. The Kier molecular flexibility index (Phi) is 3.85. The van der Waals surface area contributed by atoms with Crippen molar-refractivity contribution < 1.29 is 14.6 Å². The number of aromatic nitrogens is 1. The Morgan fingerprint density at radius 1 is 1.47 bits per heavy atom. The van der Waals surface area contributed by atoms with Crippen LogP contribution < -0.4 is 4.74 Å². The van der Waals surface area contributed by atoms with E-state index in [1.807, 2.05) is 32.0 Å². The van der Waals surface area contributed by atoms with Crippen LogP contribution in [0.2, 0.25) is 0 Å². The molecule has 4 nitrogen and oxygen atoms in total. The number of nitrogens with zero attached hydrogens (tertiary/aromatic N) is 1. The van der Waals surface area contributed by atoms with E-state index in [1.54, 1.807) is 7.11 Å². The van der Waals surface area contributed by atoms with E-state index in [0.29, 0.717) is 17.0 Å². The number of thiazole rings is 1. The fourth-order valence-electron chi connectivity index (χ4n) is 1.89. The first kappa shape index (κ1) is 13.5.